The van der Waals surface area contributed by atoms with Gasteiger partial charge in [-0.2, -0.15) is 13.2 Å². The van der Waals surface area contributed by atoms with Gasteiger partial charge in [-0.1, -0.05) is 13.8 Å². The first-order valence-electron chi connectivity index (χ1n) is 7.02. The summed E-state index contributed by atoms with van der Waals surface area (Å²) in [6.45, 7) is 5.16. The maximum Gasteiger partial charge on any atom is 0.416 e. The van der Waals surface area contributed by atoms with Gasteiger partial charge in [0.05, 0.1) is 11.3 Å². The van der Waals surface area contributed by atoms with Gasteiger partial charge in [-0.25, -0.2) is 4.98 Å². The second-order valence-corrected chi connectivity index (χ2v) is 5.56. The quantitative estimate of drug-likeness (QED) is 0.886. The van der Waals surface area contributed by atoms with Gasteiger partial charge < -0.3 is 9.52 Å². The minimum absolute atomic E-state index is 0.0706. The van der Waals surface area contributed by atoms with Crippen molar-refractivity contribution in [2.75, 3.05) is 0 Å². The second kappa shape index (κ2) is 6.06. The molecular weight excluding hydrogens is 311 g/mol. The Balaban J connectivity index is 2.44. The summed E-state index contributed by atoms with van der Waals surface area (Å²) in [7, 11) is 0. The molecule has 0 saturated heterocycles. The van der Waals surface area contributed by atoms with Gasteiger partial charge in [-0.05, 0) is 37.1 Å². The molecule has 1 N–H and O–H groups in total. The Morgan fingerprint density at radius 1 is 1.17 bits per heavy atom. The molecule has 1 aromatic heterocycles. The molecule has 0 saturated carbocycles. The normalized spacial score (nSPS) is 13.3. The monoisotopic (exact) mass is 327 g/mol. The number of halogens is 3. The largest absolute Gasteiger partial charge is 0.481 e. The Morgan fingerprint density at radius 2 is 1.74 bits per heavy atom. The van der Waals surface area contributed by atoms with Gasteiger partial charge in [0.1, 0.15) is 11.7 Å². The zero-order valence-electron chi connectivity index (χ0n) is 12.8. The highest BCUT2D eigenvalue weighted by molar-refractivity contribution is 5.75. The van der Waals surface area contributed by atoms with Gasteiger partial charge in [-0.15, -0.1) is 0 Å². The minimum Gasteiger partial charge on any atom is -0.481 e. The van der Waals surface area contributed by atoms with Crippen molar-refractivity contribution in [2.24, 2.45) is 0 Å². The number of hydrogen-bond acceptors (Lipinski definition) is 3. The third-order valence-electron chi connectivity index (χ3n) is 3.45. The van der Waals surface area contributed by atoms with Crippen molar-refractivity contribution in [3.8, 4) is 11.5 Å². The smallest absolute Gasteiger partial charge is 0.416 e. The van der Waals surface area contributed by atoms with Gasteiger partial charge >= 0.3 is 12.1 Å². The van der Waals surface area contributed by atoms with E-state index in [1.807, 2.05) is 13.8 Å². The third kappa shape index (κ3) is 3.55. The average molecular weight is 327 g/mol. The zero-order valence-corrected chi connectivity index (χ0v) is 12.8. The molecule has 2 aromatic rings. The molecule has 1 unspecified atom stereocenters. The fourth-order valence-corrected chi connectivity index (χ4v) is 2.10. The van der Waals surface area contributed by atoms with E-state index < -0.39 is 23.6 Å². The second-order valence-electron chi connectivity index (χ2n) is 5.56. The van der Waals surface area contributed by atoms with Gasteiger partial charge in [0.15, 0.2) is 0 Å². The number of carboxylic acids is 1. The molecule has 0 aliphatic heterocycles. The molecule has 124 valence electrons. The van der Waals surface area contributed by atoms with E-state index in [1.54, 1.807) is 0 Å². The molecule has 0 aliphatic carbocycles. The number of alkyl halides is 3. The number of rotatable bonds is 4. The van der Waals surface area contributed by atoms with Crippen molar-refractivity contribution in [2.45, 2.75) is 38.8 Å². The van der Waals surface area contributed by atoms with E-state index >= 15 is 0 Å². The SMILES string of the molecule is CC(C)c1nc(-c2ccc(C(F)(F)F)cc2)oc1C(C)C(=O)O. The first kappa shape index (κ1) is 17.1. The van der Waals surface area contributed by atoms with Gasteiger partial charge in [0, 0.05) is 5.56 Å². The molecule has 4 nitrogen and oxygen atoms in total. The molecule has 0 amide bonds. The highest BCUT2D eigenvalue weighted by Gasteiger charge is 2.30. The lowest BCUT2D eigenvalue weighted by Crippen LogP contribution is -2.09. The summed E-state index contributed by atoms with van der Waals surface area (Å²) < 4.78 is 43.3. The summed E-state index contributed by atoms with van der Waals surface area (Å²) in [6, 6.07) is 4.39. The first-order chi connectivity index (χ1) is 10.6. The highest BCUT2D eigenvalue weighted by Crippen LogP contribution is 2.34. The summed E-state index contributed by atoms with van der Waals surface area (Å²) in [5.74, 6) is -1.67. The lowest BCUT2D eigenvalue weighted by atomic mass is 10.0. The molecule has 7 heteroatoms. The summed E-state index contributed by atoms with van der Waals surface area (Å²) >= 11 is 0. The number of carbonyl (C=O) groups is 1. The van der Waals surface area contributed by atoms with Crippen LogP contribution >= 0.6 is 0 Å². The van der Waals surface area contributed by atoms with Crippen LogP contribution in [-0.4, -0.2) is 16.1 Å². The first-order valence-corrected chi connectivity index (χ1v) is 7.02. The topological polar surface area (TPSA) is 63.3 Å². The van der Waals surface area contributed by atoms with Gasteiger partial charge in [-0.3, -0.25) is 4.79 Å². The van der Waals surface area contributed by atoms with E-state index in [4.69, 9.17) is 9.52 Å². The van der Waals surface area contributed by atoms with Crippen molar-refractivity contribution in [1.29, 1.82) is 0 Å². The molecule has 1 heterocycles. The summed E-state index contributed by atoms with van der Waals surface area (Å²) in [5.41, 5.74) is 0.0922. The lowest BCUT2D eigenvalue weighted by molar-refractivity contribution is -0.139. The van der Waals surface area contributed by atoms with Gasteiger partial charge in [0.25, 0.3) is 0 Å². The molecule has 0 spiro atoms. The lowest BCUT2D eigenvalue weighted by Gasteiger charge is -2.06. The minimum atomic E-state index is -4.42. The Labute approximate surface area is 131 Å². The van der Waals surface area contributed by atoms with Crippen LogP contribution in [0, 0.1) is 0 Å². The zero-order chi connectivity index (χ0) is 17.4. The van der Waals surface area contributed by atoms with Crippen LogP contribution in [0.3, 0.4) is 0 Å². The molecule has 0 radical (unpaired) electrons. The summed E-state index contributed by atoms with van der Waals surface area (Å²) in [4.78, 5) is 15.4. The van der Waals surface area contributed by atoms with Crippen LogP contribution < -0.4 is 0 Å². The fourth-order valence-electron chi connectivity index (χ4n) is 2.10. The van der Waals surface area contributed by atoms with Crippen molar-refractivity contribution < 1.29 is 27.5 Å². The van der Waals surface area contributed by atoms with E-state index in [0.29, 0.717) is 11.3 Å². The summed E-state index contributed by atoms with van der Waals surface area (Å²) in [5, 5.41) is 9.13. The Hall–Kier alpha value is -2.31. The molecule has 2 rings (SSSR count). The van der Waals surface area contributed by atoms with Crippen LogP contribution in [0.25, 0.3) is 11.5 Å². The van der Waals surface area contributed by atoms with E-state index in [2.05, 4.69) is 4.98 Å². The number of hydrogen-bond donors (Lipinski definition) is 1. The van der Waals surface area contributed by atoms with Crippen LogP contribution in [0.15, 0.2) is 28.7 Å². The number of oxazole rings is 1. The number of benzene rings is 1. The van der Waals surface area contributed by atoms with E-state index in [1.165, 1.54) is 19.1 Å². The molecule has 0 aliphatic rings. The van der Waals surface area contributed by atoms with Crippen LogP contribution in [0.2, 0.25) is 0 Å². The van der Waals surface area contributed by atoms with E-state index in [0.717, 1.165) is 12.1 Å². The van der Waals surface area contributed by atoms with Gasteiger partial charge in [0.2, 0.25) is 5.89 Å². The highest BCUT2D eigenvalue weighted by atomic mass is 19.4. The predicted octanol–water partition coefficient (Wildman–Crippen LogP) is 4.67. The standard InChI is InChI=1S/C16H16F3NO3/c1-8(2)12-13(9(3)15(21)22)23-14(20-12)10-4-6-11(7-5-10)16(17,18)19/h4-9H,1-3H3,(H,21,22). The molecular formula is C16H16F3NO3. The number of aromatic nitrogens is 1. The Kier molecular flexibility index (Phi) is 4.49. The molecule has 0 fully saturated rings. The van der Waals surface area contributed by atoms with E-state index in [-0.39, 0.29) is 17.6 Å². The van der Waals surface area contributed by atoms with E-state index in [9.17, 15) is 18.0 Å². The van der Waals surface area contributed by atoms with Crippen molar-refractivity contribution >= 4 is 5.97 Å². The Bertz CT molecular complexity index is 702. The number of aliphatic carboxylic acids is 1. The fraction of sp³-hybridized carbons (Fsp3) is 0.375. The molecule has 1 atom stereocenters. The maximum atomic E-state index is 12.6. The van der Waals surface area contributed by atoms with Crippen LogP contribution in [0.1, 0.15) is 49.6 Å². The molecule has 1 aromatic carbocycles. The maximum absolute atomic E-state index is 12.6. The Morgan fingerprint density at radius 3 is 2.17 bits per heavy atom. The van der Waals surface area contributed by atoms with Crippen molar-refractivity contribution in [3.63, 3.8) is 0 Å². The molecule has 0 bridgehead atoms. The molecule has 23 heavy (non-hydrogen) atoms. The average Bonchev–Trinajstić information content (AvgIpc) is 2.90. The third-order valence-corrected chi connectivity index (χ3v) is 3.45. The van der Waals surface area contributed by atoms with Crippen LogP contribution in [-0.2, 0) is 11.0 Å². The number of carboxylic acid groups (broad SMARTS) is 1. The summed E-state index contributed by atoms with van der Waals surface area (Å²) in [6.07, 6.45) is -4.42. The number of nitrogens with zero attached hydrogens (tertiary/aromatic N) is 1. The van der Waals surface area contributed by atoms with Crippen LogP contribution in [0.4, 0.5) is 13.2 Å². The van der Waals surface area contributed by atoms with Crippen molar-refractivity contribution in [3.05, 3.63) is 41.3 Å². The predicted molar refractivity (Wildman–Crippen MR) is 77.1 cm³/mol. The van der Waals surface area contributed by atoms with Crippen molar-refractivity contribution in [1.82, 2.24) is 4.98 Å². The van der Waals surface area contributed by atoms with Crippen LogP contribution in [0.5, 0.6) is 0 Å².